The number of methoxy groups -OCH3 is 2. The predicted octanol–water partition coefficient (Wildman–Crippen LogP) is 0.879. The van der Waals surface area contributed by atoms with Crippen LogP contribution < -0.4 is 4.74 Å². The monoisotopic (exact) mass is 294 g/mol. The average molecular weight is 294 g/mol. The third-order valence-corrected chi connectivity index (χ3v) is 2.36. The quantitative estimate of drug-likeness (QED) is 0.360. The number of carbonyl (C=O) groups excluding carboxylic acids is 2. The predicted molar refractivity (Wildman–Crippen MR) is 71.6 cm³/mol. The third kappa shape index (κ3) is 4.98. The second-order valence-corrected chi connectivity index (χ2v) is 3.79. The van der Waals surface area contributed by atoms with Crippen molar-refractivity contribution in [3.63, 3.8) is 0 Å². The van der Waals surface area contributed by atoms with Gasteiger partial charge in [0, 0.05) is 0 Å². The number of hydrogen-bond acceptors (Lipinski definition) is 6. The molecule has 0 aliphatic rings. The van der Waals surface area contributed by atoms with Crippen molar-refractivity contribution in [3.8, 4) is 5.75 Å². The van der Waals surface area contributed by atoms with Crippen LogP contribution in [-0.2, 0) is 23.9 Å². The lowest BCUT2D eigenvalue weighted by Gasteiger charge is -2.05. The van der Waals surface area contributed by atoms with E-state index in [1.54, 1.807) is 12.1 Å². The van der Waals surface area contributed by atoms with Crippen LogP contribution in [0.3, 0.4) is 0 Å². The van der Waals surface area contributed by atoms with Gasteiger partial charge in [0.05, 0.1) is 14.2 Å². The van der Waals surface area contributed by atoms with Crippen molar-refractivity contribution in [1.82, 2.24) is 0 Å². The van der Waals surface area contributed by atoms with Gasteiger partial charge in [-0.2, -0.15) is 0 Å². The van der Waals surface area contributed by atoms with Crippen LogP contribution in [0.1, 0.15) is 5.56 Å². The van der Waals surface area contributed by atoms with Crippen LogP contribution >= 0.6 is 0 Å². The van der Waals surface area contributed by atoms with E-state index in [1.807, 2.05) is 0 Å². The Kier molecular flexibility index (Phi) is 5.94. The Hall–Kier alpha value is -2.83. The fourth-order valence-corrected chi connectivity index (χ4v) is 1.39. The molecule has 0 fully saturated rings. The first-order valence-corrected chi connectivity index (χ1v) is 5.81. The maximum atomic E-state index is 11.5. The van der Waals surface area contributed by atoms with Gasteiger partial charge in [0.15, 0.2) is 6.61 Å². The fraction of sp³-hybridized carbons (Fsp3) is 0.214. The molecule has 0 unspecified atom stereocenters. The maximum Gasteiger partial charge on any atom is 0.345 e. The fourth-order valence-electron chi connectivity index (χ4n) is 1.39. The molecule has 0 aliphatic carbocycles. The van der Waals surface area contributed by atoms with E-state index < -0.39 is 24.5 Å². The SMILES string of the molecule is COC(=O)C(=Cc1ccc(OCC(=O)O)cc1)C(=O)OC. The van der Waals surface area contributed by atoms with Gasteiger partial charge in [-0.1, -0.05) is 12.1 Å². The van der Waals surface area contributed by atoms with Crippen molar-refractivity contribution in [2.75, 3.05) is 20.8 Å². The molecule has 0 saturated carbocycles. The summed E-state index contributed by atoms with van der Waals surface area (Å²) in [5, 5.41) is 8.49. The molecular weight excluding hydrogens is 280 g/mol. The van der Waals surface area contributed by atoms with Gasteiger partial charge in [-0.05, 0) is 23.8 Å². The van der Waals surface area contributed by atoms with Crippen molar-refractivity contribution < 1.29 is 33.7 Å². The number of hydrogen-bond donors (Lipinski definition) is 1. The van der Waals surface area contributed by atoms with Crippen LogP contribution in [0.2, 0.25) is 0 Å². The molecule has 1 rings (SSSR count). The Labute approximate surface area is 120 Å². The van der Waals surface area contributed by atoms with Gasteiger partial charge in [0.25, 0.3) is 0 Å². The Morgan fingerprint density at radius 2 is 1.57 bits per heavy atom. The Bertz CT molecular complexity index is 539. The van der Waals surface area contributed by atoms with E-state index in [1.165, 1.54) is 18.2 Å². The molecule has 0 bridgehead atoms. The largest absolute Gasteiger partial charge is 0.482 e. The molecular formula is C14H14O7. The van der Waals surface area contributed by atoms with Gasteiger partial charge >= 0.3 is 17.9 Å². The number of esters is 2. The van der Waals surface area contributed by atoms with Crippen molar-refractivity contribution in [2.24, 2.45) is 0 Å². The zero-order valence-corrected chi connectivity index (χ0v) is 11.5. The minimum atomic E-state index is -1.09. The molecule has 21 heavy (non-hydrogen) atoms. The highest BCUT2D eigenvalue weighted by Gasteiger charge is 2.19. The van der Waals surface area contributed by atoms with E-state index in [2.05, 4.69) is 9.47 Å². The summed E-state index contributed by atoms with van der Waals surface area (Å²) in [6, 6.07) is 6.15. The van der Waals surface area contributed by atoms with Crippen molar-refractivity contribution in [3.05, 3.63) is 35.4 Å². The Morgan fingerprint density at radius 3 is 2.00 bits per heavy atom. The van der Waals surface area contributed by atoms with Crippen molar-refractivity contribution >= 4 is 24.0 Å². The molecule has 0 radical (unpaired) electrons. The average Bonchev–Trinajstić information content (AvgIpc) is 2.50. The number of carbonyl (C=O) groups is 3. The van der Waals surface area contributed by atoms with E-state index in [9.17, 15) is 14.4 Å². The summed E-state index contributed by atoms with van der Waals surface area (Å²) in [6.07, 6.45) is 1.30. The number of rotatable bonds is 6. The standard InChI is InChI=1S/C14H14O7/c1-19-13(17)11(14(18)20-2)7-9-3-5-10(6-4-9)21-8-12(15)16/h3-7H,8H2,1-2H3,(H,15,16). The summed E-state index contributed by atoms with van der Waals surface area (Å²) >= 11 is 0. The molecule has 7 heteroatoms. The normalized spacial score (nSPS) is 9.43. The number of benzene rings is 1. The van der Waals surface area contributed by atoms with Gasteiger partial charge in [0.2, 0.25) is 0 Å². The van der Waals surface area contributed by atoms with Crippen LogP contribution in [0.15, 0.2) is 29.8 Å². The zero-order chi connectivity index (χ0) is 15.8. The molecule has 0 aliphatic heterocycles. The zero-order valence-electron chi connectivity index (χ0n) is 11.5. The lowest BCUT2D eigenvalue weighted by Crippen LogP contribution is -2.15. The van der Waals surface area contributed by atoms with Crippen LogP contribution in [0.5, 0.6) is 5.75 Å². The minimum Gasteiger partial charge on any atom is -0.482 e. The van der Waals surface area contributed by atoms with E-state index in [4.69, 9.17) is 9.84 Å². The number of carboxylic acid groups (broad SMARTS) is 1. The van der Waals surface area contributed by atoms with E-state index in [0.717, 1.165) is 14.2 Å². The summed E-state index contributed by atoms with van der Waals surface area (Å²) in [7, 11) is 2.31. The highest BCUT2D eigenvalue weighted by molar-refractivity contribution is 6.17. The maximum absolute atomic E-state index is 11.5. The molecule has 7 nitrogen and oxygen atoms in total. The van der Waals surface area contributed by atoms with Crippen molar-refractivity contribution in [2.45, 2.75) is 0 Å². The Morgan fingerprint density at radius 1 is 1.05 bits per heavy atom. The highest BCUT2D eigenvalue weighted by Crippen LogP contribution is 2.15. The van der Waals surface area contributed by atoms with Crippen LogP contribution in [0.25, 0.3) is 6.08 Å². The summed E-state index contributed by atoms with van der Waals surface area (Å²) in [4.78, 5) is 33.3. The van der Waals surface area contributed by atoms with Crippen LogP contribution in [0, 0.1) is 0 Å². The first-order chi connectivity index (χ1) is 9.97. The second kappa shape index (κ2) is 7.68. The molecule has 112 valence electrons. The third-order valence-electron chi connectivity index (χ3n) is 2.36. The molecule has 0 spiro atoms. The smallest absolute Gasteiger partial charge is 0.345 e. The molecule has 1 aromatic rings. The Balaban J connectivity index is 2.93. The first kappa shape index (κ1) is 16.2. The van der Waals surface area contributed by atoms with E-state index in [-0.39, 0.29) is 5.57 Å². The molecule has 0 saturated heterocycles. The minimum absolute atomic E-state index is 0.251. The van der Waals surface area contributed by atoms with E-state index in [0.29, 0.717) is 11.3 Å². The second-order valence-electron chi connectivity index (χ2n) is 3.79. The topological polar surface area (TPSA) is 99.1 Å². The number of aliphatic carboxylic acids is 1. The summed E-state index contributed by atoms with van der Waals surface area (Å²) in [5.74, 6) is -2.36. The van der Waals surface area contributed by atoms with Crippen LogP contribution in [0.4, 0.5) is 0 Å². The van der Waals surface area contributed by atoms with Gasteiger partial charge in [-0.3, -0.25) is 0 Å². The lowest BCUT2D eigenvalue weighted by atomic mass is 10.1. The molecule has 0 atom stereocenters. The summed E-state index contributed by atoms with van der Waals surface area (Å²) in [6.45, 7) is -0.454. The summed E-state index contributed by atoms with van der Waals surface area (Å²) < 4.78 is 14.0. The molecule has 1 N–H and O–H groups in total. The highest BCUT2D eigenvalue weighted by atomic mass is 16.5. The summed E-state index contributed by atoms with van der Waals surface area (Å²) in [5.41, 5.74) is 0.280. The van der Waals surface area contributed by atoms with Crippen LogP contribution in [-0.4, -0.2) is 43.8 Å². The van der Waals surface area contributed by atoms with Gasteiger partial charge in [-0.15, -0.1) is 0 Å². The van der Waals surface area contributed by atoms with Gasteiger partial charge < -0.3 is 19.3 Å². The first-order valence-electron chi connectivity index (χ1n) is 5.81. The van der Waals surface area contributed by atoms with Gasteiger partial charge in [-0.25, -0.2) is 14.4 Å². The molecule has 0 aromatic heterocycles. The van der Waals surface area contributed by atoms with Crippen molar-refractivity contribution in [1.29, 1.82) is 0 Å². The van der Waals surface area contributed by atoms with E-state index >= 15 is 0 Å². The molecule has 0 amide bonds. The number of carboxylic acids is 1. The number of ether oxygens (including phenoxy) is 3. The lowest BCUT2D eigenvalue weighted by molar-refractivity contribution is -0.144. The molecule has 0 heterocycles. The molecule has 1 aromatic carbocycles. The van der Waals surface area contributed by atoms with Gasteiger partial charge in [0.1, 0.15) is 11.3 Å².